The lowest BCUT2D eigenvalue weighted by molar-refractivity contribution is 0.104. The standard InChI is InChI=1S/C20H25N7O6S/c1-2-27-18-15(32-13-5-7-26(8-6-13)9-11-34(29,30)31)12-22-14(4-3-10-28)16(18)23-20(27)17-19(21)25-33-24-17/h12-13,28H,2,5-11H2,1H3,(H2,21,25)(H,29,30,31). The molecule has 0 spiro atoms. The van der Waals surface area contributed by atoms with E-state index in [-0.39, 0.29) is 36.5 Å². The molecule has 1 aliphatic rings. The van der Waals surface area contributed by atoms with Crippen LogP contribution in [-0.2, 0) is 16.7 Å². The Kier molecular flexibility index (Phi) is 6.98. The number of anilines is 1. The number of ether oxygens (including phenoxy) is 1. The predicted molar refractivity (Wildman–Crippen MR) is 121 cm³/mol. The number of nitrogen functional groups attached to an aromatic ring is 1. The van der Waals surface area contributed by atoms with E-state index in [1.54, 1.807) is 6.20 Å². The van der Waals surface area contributed by atoms with E-state index in [1.807, 2.05) is 16.4 Å². The molecule has 4 heterocycles. The lowest BCUT2D eigenvalue weighted by Crippen LogP contribution is -2.40. The van der Waals surface area contributed by atoms with Crippen LogP contribution in [0.1, 0.15) is 25.5 Å². The third-order valence-electron chi connectivity index (χ3n) is 5.56. The Morgan fingerprint density at radius 2 is 2.09 bits per heavy atom. The predicted octanol–water partition coefficient (Wildman–Crippen LogP) is 0.158. The summed E-state index contributed by atoms with van der Waals surface area (Å²) in [7, 11) is -3.99. The van der Waals surface area contributed by atoms with Gasteiger partial charge in [0.25, 0.3) is 10.1 Å². The van der Waals surface area contributed by atoms with E-state index >= 15 is 0 Å². The Morgan fingerprint density at radius 3 is 2.71 bits per heavy atom. The molecule has 0 amide bonds. The largest absolute Gasteiger partial charge is 0.486 e. The number of aliphatic hydroxyl groups is 1. The number of pyridine rings is 1. The molecule has 0 bridgehead atoms. The number of likely N-dealkylation sites (tertiary alicyclic amines) is 1. The van der Waals surface area contributed by atoms with Gasteiger partial charge in [0.15, 0.2) is 23.1 Å². The van der Waals surface area contributed by atoms with E-state index < -0.39 is 10.1 Å². The van der Waals surface area contributed by atoms with Crippen LogP contribution >= 0.6 is 0 Å². The monoisotopic (exact) mass is 491 g/mol. The first-order chi connectivity index (χ1) is 16.3. The summed E-state index contributed by atoms with van der Waals surface area (Å²) in [6.45, 7) is 3.67. The molecule has 0 unspecified atom stereocenters. The summed E-state index contributed by atoms with van der Waals surface area (Å²) in [6.07, 6.45) is 2.80. The number of aromatic nitrogens is 5. The van der Waals surface area contributed by atoms with Gasteiger partial charge in [-0.2, -0.15) is 8.42 Å². The van der Waals surface area contributed by atoms with Gasteiger partial charge < -0.3 is 25.0 Å². The van der Waals surface area contributed by atoms with Crippen molar-refractivity contribution in [1.82, 2.24) is 29.7 Å². The Balaban J connectivity index is 1.64. The summed E-state index contributed by atoms with van der Waals surface area (Å²) in [5.74, 6) is 6.16. The Morgan fingerprint density at radius 1 is 1.32 bits per heavy atom. The van der Waals surface area contributed by atoms with Crippen molar-refractivity contribution in [3.05, 3.63) is 11.9 Å². The zero-order chi connectivity index (χ0) is 24.3. The molecule has 3 aromatic heterocycles. The van der Waals surface area contributed by atoms with Gasteiger partial charge in [-0.3, -0.25) is 4.55 Å². The molecular formula is C20H25N7O6S. The topological polar surface area (TPSA) is 183 Å². The Bertz CT molecular complexity index is 1330. The van der Waals surface area contributed by atoms with E-state index in [4.69, 9.17) is 24.8 Å². The normalized spacial score (nSPS) is 15.4. The van der Waals surface area contributed by atoms with Crippen LogP contribution in [0.25, 0.3) is 22.6 Å². The highest BCUT2D eigenvalue weighted by Crippen LogP contribution is 2.34. The van der Waals surface area contributed by atoms with E-state index in [0.29, 0.717) is 60.8 Å². The summed E-state index contributed by atoms with van der Waals surface area (Å²) >= 11 is 0. The Hall–Kier alpha value is -3.25. The lowest BCUT2D eigenvalue weighted by atomic mass is 10.1. The van der Waals surface area contributed by atoms with Crippen molar-refractivity contribution in [2.45, 2.75) is 32.4 Å². The quantitative estimate of drug-likeness (QED) is 0.301. The molecule has 0 aliphatic carbocycles. The van der Waals surface area contributed by atoms with Crippen LogP contribution < -0.4 is 10.5 Å². The molecule has 4 N–H and O–H groups in total. The van der Waals surface area contributed by atoms with Gasteiger partial charge in [-0.1, -0.05) is 5.92 Å². The van der Waals surface area contributed by atoms with E-state index in [9.17, 15) is 8.42 Å². The van der Waals surface area contributed by atoms with Crippen molar-refractivity contribution < 1.29 is 27.4 Å². The van der Waals surface area contributed by atoms with Crippen molar-refractivity contribution in [1.29, 1.82) is 0 Å². The number of imidazole rings is 1. The minimum absolute atomic E-state index is 0.0979. The average Bonchev–Trinajstić information content (AvgIpc) is 3.40. The first kappa shape index (κ1) is 23.9. The van der Waals surface area contributed by atoms with Crippen LogP contribution in [0.15, 0.2) is 10.8 Å². The number of rotatable bonds is 7. The van der Waals surface area contributed by atoms with Gasteiger partial charge in [-0.05, 0) is 36.0 Å². The fourth-order valence-corrected chi connectivity index (χ4v) is 4.42. The molecule has 4 rings (SSSR count). The van der Waals surface area contributed by atoms with Crippen LogP contribution in [0.4, 0.5) is 5.82 Å². The number of aryl methyl sites for hydroxylation is 1. The van der Waals surface area contributed by atoms with Crippen molar-refractivity contribution in [3.8, 4) is 29.1 Å². The molecule has 182 valence electrons. The first-order valence-corrected chi connectivity index (χ1v) is 12.3. The van der Waals surface area contributed by atoms with Crippen molar-refractivity contribution in [2.24, 2.45) is 0 Å². The number of hydrogen-bond acceptors (Lipinski definition) is 11. The highest BCUT2D eigenvalue weighted by molar-refractivity contribution is 7.85. The van der Waals surface area contributed by atoms with Gasteiger partial charge in [-0.25, -0.2) is 14.6 Å². The average molecular weight is 492 g/mol. The second kappa shape index (κ2) is 9.94. The highest BCUT2D eigenvalue weighted by Gasteiger charge is 2.26. The summed E-state index contributed by atoms with van der Waals surface area (Å²) in [4.78, 5) is 11.0. The number of piperidine rings is 1. The van der Waals surface area contributed by atoms with Gasteiger partial charge >= 0.3 is 0 Å². The number of nitrogens with two attached hydrogens (primary N) is 1. The van der Waals surface area contributed by atoms with Gasteiger partial charge in [-0.15, -0.1) is 0 Å². The molecule has 14 heteroatoms. The minimum Gasteiger partial charge on any atom is -0.486 e. The summed E-state index contributed by atoms with van der Waals surface area (Å²) in [5.41, 5.74) is 7.70. The lowest BCUT2D eigenvalue weighted by Gasteiger charge is -2.31. The number of nitrogens with zero attached hydrogens (tertiary/aromatic N) is 6. The third kappa shape index (κ3) is 5.12. The molecular weight excluding hydrogens is 466 g/mol. The second-order valence-electron chi connectivity index (χ2n) is 7.75. The number of hydrogen-bond donors (Lipinski definition) is 3. The zero-order valence-electron chi connectivity index (χ0n) is 18.5. The van der Waals surface area contributed by atoms with E-state index in [2.05, 4.69) is 32.1 Å². The maximum Gasteiger partial charge on any atom is 0.266 e. The maximum absolute atomic E-state index is 11.0. The zero-order valence-corrected chi connectivity index (χ0v) is 19.3. The fraction of sp³-hybridized carbons (Fsp3) is 0.500. The summed E-state index contributed by atoms with van der Waals surface area (Å²) < 4.78 is 43.9. The second-order valence-corrected chi connectivity index (χ2v) is 9.32. The van der Waals surface area contributed by atoms with Gasteiger partial charge in [0.05, 0.1) is 11.9 Å². The van der Waals surface area contributed by atoms with Crippen molar-refractivity contribution in [2.75, 3.05) is 37.7 Å². The van der Waals surface area contributed by atoms with Crippen LogP contribution in [0.2, 0.25) is 0 Å². The maximum atomic E-state index is 11.0. The van der Waals surface area contributed by atoms with Crippen molar-refractivity contribution >= 4 is 27.0 Å². The Labute approximate surface area is 195 Å². The van der Waals surface area contributed by atoms with Gasteiger partial charge in [0.2, 0.25) is 0 Å². The smallest absolute Gasteiger partial charge is 0.266 e. The van der Waals surface area contributed by atoms with E-state index in [1.165, 1.54) is 0 Å². The molecule has 1 saturated heterocycles. The van der Waals surface area contributed by atoms with Crippen LogP contribution in [0, 0.1) is 11.8 Å². The van der Waals surface area contributed by atoms with Crippen LogP contribution in [-0.4, -0.2) is 85.9 Å². The number of fused-ring (bicyclic) bond motifs is 1. The molecule has 1 aliphatic heterocycles. The van der Waals surface area contributed by atoms with Crippen LogP contribution in [0.5, 0.6) is 5.75 Å². The van der Waals surface area contributed by atoms with Crippen LogP contribution in [0.3, 0.4) is 0 Å². The molecule has 34 heavy (non-hydrogen) atoms. The summed E-state index contributed by atoms with van der Waals surface area (Å²) in [6, 6.07) is 0. The molecule has 1 fully saturated rings. The summed E-state index contributed by atoms with van der Waals surface area (Å²) in [5, 5.41) is 16.6. The van der Waals surface area contributed by atoms with Gasteiger partial charge in [0, 0.05) is 26.2 Å². The molecule has 0 aromatic carbocycles. The number of aliphatic hydroxyl groups excluding tert-OH is 1. The minimum atomic E-state index is -3.99. The van der Waals surface area contributed by atoms with Crippen molar-refractivity contribution in [3.63, 3.8) is 0 Å². The third-order valence-corrected chi connectivity index (χ3v) is 6.26. The fourth-order valence-electron chi connectivity index (χ4n) is 3.93. The molecule has 3 aromatic rings. The first-order valence-electron chi connectivity index (χ1n) is 10.7. The molecule has 0 radical (unpaired) electrons. The molecule has 0 saturated carbocycles. The SMILES string of the molecule is CCn1c(-c2nonc2N)nc2c(C#CCO)ncc(OC3CCN(CCS(=O)(=O)O)CC3)c21. The molecule has 0 atom stereocenters. The highest BCUT2D eigenvalue weighted by atomic mass is 32.2. The van der Waals surface area contributed by atoms with E-state index in [0.717, 1.165) is 0 Å². The molecule has 13 nitrogen and oxygen atoms in total. The van der Waals surface area contributed by atoms with Gasteiger partial charge in [0.1, 0.15) is 29.4 Å².